The minimum absolute atomic E-state index is 0.0310. The van der Waals surface area contributed by atoms with Gasteiger partial charge in [-0.15, -0.1) is 0 Å². The van der Waals surface area contributed by atoms with Crippen LogP contribution in [0.15, 0.2) is 24.5 Å². The SMILES string of the molecule is COC[C@H](CCCN(C)C)OC(=O)Nc1cc2cc(-c3cnc4c(c3C)NCCO4)c(F)c(N)c2cn1. The average molecular weight is 513 g/mol. The van der Waals surface area contributed by atoms with Crippen LogP contribution in [0.4, 0.5) is 26.4 Å². The molecule has 4 rings (SSSR count). The van der Waals surface area contributed by atoms with Crippen molar-refractivity contribution in [3.05, 3.63) is 35.9 Å². The van der Waals surface area contributed by atoms with Gasteiger partial charge in [0.15, 0.2) is 5.82 Å². The molecule has 0 unspecified atom stereocenters. The van der Waals surface area contributed by atoms with Crippen molar-refractivity contribution in [1.29, 1.82) is 0 Å². The van der Waals surface area contributed by atoms with Crippen molar-refractivity contribution >= 4 is 34.1 Å². The Morgan fingerprint density at radius 1 is 1.30 bits per heavy atom. The van der Waals surface area contributed by atoms with Crippen molar-refractivity contribution in [1.82, 2.24) is 14.9 Å². The second-order valence-corrected chi connectivity index (χ2v) is 9.25. The van der Waals surface area contributed by atoms with Crippen LogP contribution in [0.25, 0.3) is 21.9 Å². The van der Waals surface area contributed by atoms with Gasteiger partial charge < -0.3 is 30.2 Å². The van der Waals surface area contributed by atoms with E-state index in [1.807, 2.05) is 21.0 Å². The number of amides is 1. The number of hydrogen-bond acceptors (Lipinski definition) is 9. The Kier molecular flexibility index (Phi) is 8.24. The smallest absolute Gasteiger partial charge is 0.413 e. The molecule has 2 aromatic heterocycles. The summed E-state index contributed by atoms with van der Waals surface area (Å²) in [6.45, 7) is 4.20. The molecule has 11 heteroatoms. The first-order chi connectivity index (χ1) is 17.8. The van der Waals surface area contributed by atoms with Gasteiger partial charge in [0, 0.05) is 42.6 Å². The Bertz CT molecular complexity index is 1290. The van der Waals surface area contributed by atoms with E-state index < -0.39 is 11.9 Å². The van der Waals surface area contributed by atoms with Gasteiger partial charge in [0.2, 0.25) is 5.88 Å². The fraction of sp³-hybridized carbons (Fsp3) is 0.423. The summed E-state index contributed by atoms with van der Waals surface area (Å²) in [4.78, 5) is 23.2. The zero-order chi connectivity index (χ0) is 26.5. The highest BCUT2D eigenvalue weighted by molar-refractivity contribution is 5.99. The summed E-state index contributed by atoms with van der Waals surface area (Å²) in [7, 11) is 5.54. The third-order valence-corrected chi connectivity index (χ3v) is 6.22. The maximum Gasteiger partial charge on any atom is 0.413 e. The number of pyridine rings is 2. The van der Waals surface area contributed by atoms with E-state index in [-0.39, 0.29) is 17.6 Å². The molecule has 4 N–H and O–H groups in total. The van der Waals surface area contributed by atoms with Crippen LogP contribution >= 0.6 is 0 Å². The number of nitrogen functional groups attached to an aromatic ring is 1. The molecule has 0 saturated heterocycles. The van der Waals surface area contributed by atoms with Gasteiger partial charge in [0.1, 0.15) is 24.2 Å². The first-order valence-corrected chi connectivity index (χ1v) is 12.1. The molecule has 198 valence electrons. The van der Waals surface area contributed by atoms with Crippen LogP contribution in [0.5, 0.6) is 5.88 Å². The number of carbonyl (C=O) groups is 1. The van der Waals surface area contributed by atoms with E-state index >= 15 is 4.39 Å². The Balaban J connectivity index is 1.57. The lowest BCUT2D eigenvalue weighted by Crippen LogP contribution is -2.27. The standard InChI is InChI=1S/C26H33FN6O4/c1-15-19(12-31-25-24(15)29-7-9-36-25)18-10-16-11-21(30-13-20(16)23(28)22(18)27)32-26(34)37-17(14-35-4)6-5-8-33(2)3/h10-13,17,29H,5-9,14,28H2,1-4H3,(H,30,32,34)/t17-/m0/s1. The van der Waals surface area contributed by atoms with Gasteiger partial charge in [0.25, 0.3) is 0 Å². The van der Waals surface area contributed by atoms with Gasteiger partial charge >= 0.3 is 6.09 Å². The number of anilines is 3. The first kappa shape index (κ1) is 26.4. The number of carbonyl (C=O) groups excluding carboxylic acids is 1. The van der Waals surface area contributed by atoms with Gasteiger partial charge in [-0.3, -0.25) is 5.32 Å². The van der Waals surface area contributed by atoms with Crippen molar-refractivity contribution in [3.8, 4) is 17.0 Å². The minimum Gasteiger partial charge on any atom is -0.474 e. The lowest BCUT2D eigenvalue weighted by atomic mass is 9.97. The molecule has 1 aromatic carbocycles. The van der Waals surface area contributed by atoms with E-state index in [4.69, 9.17) is 19.9 Å². The van der Waals surface area contributed by atoms with Crippen LogP contribution in [-0.4, -0.2) is 74.6 Å². The summed E-state index contributed by atoms with van der Waals surface area (Å²) in [5.74, 6) is 0.190. The number of nitrogens with one attached hydrogen (secondary N) is 2. The molecule has 0 saturated carbocycles. The highest BCUT2D eigenvalue weighted by Crippen LogP contribution is 2.39. The lowest BCUT2D eigenvalue weighted by molar-refractivity contribution is 0.0397. The van der Waals surface area contributed by atoms with E-state index in [2.05, 4.69) is 25.5 Å². The van der Waals surface area contributed by atoms with Crippen molar-refractivity contribution in [2.24, 2.45) is 0 Å². The van der Waals surface area contributed by atoms with Gasteiger partial charge in [-0.25, -0.2) is 19.2 Å². The molecule has 10 nitrogen and oxygen atoms in total. The molecular weight excluding hydrogens is 479 g/mol. The number of nitrogens with two attached hydrogens (primary N) is 1. The number of fused-ring (bicyclic) bond motifs is 2. The summed E-state index contributed by atoms with van der Waals surface area (Å²) in [5.41, 5.74) is 8.55. The van der Waals surface area contributed by atoms with Gasteiger partial charge in [-0.05, 0) is 63.5 Å². The van der Waals surface area contributed by atoms with Crippen molar-refractivity contribution < 1.29 is 23.4 Å². The Morgan fingerprint density at radius 2 is 2.11 bits per heavy atom. The zero-order valence-electron chi connectivity index (χ0n) is 21.6. The van der Waals surface area contributed by atoms with E-state index in [0.29, 0.717) is 54.0 Å². The molecule has 0 bridgehead atoms. The van der Waals surface area contributed by atoms with Crippen LogP contribution in [-0.2, 0) is 9.47 Å². The van der Waals surface area contributed by atoms with Crippen LogP contribution in [0.2, 0.25) is 0 Å². The number of ether oxygens (including phenoxy) is 3. The molecule has 3 aromatic rings. The number of rotatable bonds is 9. The second kappa shape index (κ2) is 11.6. The molecule has 1 aliphatic rings. The highest BCUT2D eigenvalue weighted by Gasteiger charge is 2.21. The van der Waals surface area contributed by atoms with Crippen molar-refractivity contribution in [2.45, 2.75) is 25.9 Å². The summed E-state index contributed by atoms with van der Waals surface area (Å²) in [6.07, 6.45) is 3.50. The number of aromatic nitrogens is 2. The third-order valence-electron chi connectivity index (χ3n) is 6.22. The summed E-state index contributed by atoms with van der Waals surface area (Å²) >= 11 is 0. The third kappa shape index (κ3) is 6.00. The minimum atomic E-state index is -0.644. The Labute approximate surface area is 215 Å². The molecule has 3 heterocycles. The largest absolute Gasteiger partial charge is 0.474 e. The number of benzene rings is 1. The van der Waals surface area contributed by atoms with E-state index in [0.717, 1.165) is 24.2 Å². The fourth-order valence-electron chi connectivity index (χ4n) is 4.34. The summed E-state index contributed by atoms with van der Waals surface area (Å²) < 4.78 is 31.7. The van der Waals surface area contributed by atoms with Crippen molar-refractivity contribution in [3.63, 3.8) is 0 Å². The van der Waals surface area contributed by atoms with Crippen LogP contribution in [0.1, 0.15) is 18.4 Å². The highest BCUT2D eigenvalue weighted by atomic mass is 19.1. The van der Waals surface area contributed by atoms with Crippen LogP contribution in [0.3, 0.4) is 0 Å². The summed E-state index contributed by atoms with van der Waals surface area (Å²) in [5, 5.41) is 6.97. The van der Waals surface area contributed by atoms with Crippen LogP contribution < -0.4 is 21.1 Å². The molecule has 0 spiro atoms. The van der Waals surface area contributed by atoms with Gasteiger partial charge in [-0.1, -0.05) is 0 Å². The van der Waals surface area contributed by atoms with Crippen molar-refractivity contribution in [2.75, 3.05) is 63.9 Å². The predicted molar refractivity (Wildman–Crippen MR) is 142 cm³/mol. The fourth-order valence-corrected chi connectivity index (χ4v) is 4.34. The topological polar surface area (TPSA) is 124 Å². The van der Waals surface area contributed by atoms with Crippen LogP contribution in [0, 0.1) is 12.7 Å². The van der Waals surface area contributed by atoms with E-state index in [9.17, 15) is 4.79 Å². The number of hydrogen-bond donors (Lipinski definition) is 3. The molecule has 0 aliphatic carbocycles. The van der Waals surface area contributed by atoms with Gasteiger partial charge in [-0.2, -0.15) is 0 Å². The lowest BCUT2D eigenvalue weighted by Gasteiger charge is -2.22. The Hall–Kier alpha value is -3.70. The second-order valence-electron chi connectivity index (χ2n) is 9.25. The molecule has 1 atom stereocenters. The van der Waals surface area contributed by atoms with E-state index in [1.54, 1.807) is 25.4 Å². The average Bonchev–Trinajstić information content (AvgIpc) is 2.86. The Morgan fingerprint density at radius 3 is 2.86 bits per heavy atom. The number of halogens is 1. The quantitative estimate of drug-likeness (QED) is 0.365. The van der Waals surface area contributed by atoms with Gasteiger partial charge in [0.05, 0.1) is 12.3 Å². The first-order valence-electron chi connectivity index (χ1n) is 12.1. The summed E-state index contributed by atoms with van der Waals surface area (Å²) in [6, 6.07) is 3.31. The molecule has 0 radical (unpaired) electrons. The molecular formula is C26H33FN6O4. The molecule has 0 fully saturated rings. The van der Waals surface area contributed by atoms with E-state index in [1.165, 1.54) is 6.20 Å². The zero-order valence-corrected chi connectivity index (χ0v) is 21.6. The number of nitrogens with zero attached hydrogens (tertiary/aromatic N) is 3. The molecule has 1 amide bonds. The maximum absolute atomic E-state index is 15.4. The maximum atomic E-state index is 15.4. The monoisotopic (exact) mass is 512 g/mol. The molecule has 1 aliphatic heterocycles. The molecule has 37 heavy (non-hydrogen) atoms. The predicted octanol–water partition coefficient (Wildman–Crippen LogP) is 4.04. The number of methoxy groups -OCH3 is 1. The normalized spacial score (nSPS) is 13.6.